The number of hydrogen-bond donors (Lipinski definition) is 0. The van der Waals surface area contributed by atoms with Crippen molar-refractivity contribution in [3.8, 4) is 16.9 Å². The Kier molecular flexibility index (Phi) is 6.22. The minimum atomic E-state index is 0.516. The van der Waals surface area contributed by atoms with Crippen LogP contribution in [0.3, 0.4) is 0 Å². The number of aromatic nitrogens is 1. The molecule has 1 aromatic heterocycles. The smallest absolute Gasteiger partial charge is 0.221 e. The molecule has 0 aliphatic rings. The number of nitrogens with zero attached hydrogens (tertiary/aromatic N) is 2. The van der Waals surface area contributed by atoms with Crippen molar-refractivity contribution in [3.05, 3.63) is 90.3 Å². The van der Waals surface area contributed by atoms with Gasteiger partial charge in [-0.15, -0.1) is 0 Å². The van der Waals surface area contributed by atoms with Crippen LogP contribution in [-0.2, 0) is 4.74 Å². The van der Waals surface area contributed by atoms with E-state index in [1.165, 1.54) is 0 Å². The fraction of sp³-hybridized carbons (Fsp3) is 0.167. The molecule has 142 valence electrons. The van der Waals surface area contributed by atoms with Crippen molar-refractivity contribution in [2.24, 2.45) is 4.99 Å². The lowest BCUT2D eigenvalue weighted by Gasteiger charge is -2.13. The molecule has 0 amide bonds. The zero-order valence-corrected chi connectivity index (χ0v) is 16.5. The van der Waals surface area contributed by atoms with E-state index in [1.807, 2.05) is 44.2 Å². The van der Waals surface area contributed by atoms with Gasteiger partial charge in [-0.1, -0.05) is 30.8 Å². The standard InChI is InChI=1S/C24H24N2O2/c1-5-28-24(26-18(3)21-9-7-13-25-16-21)23-15-20(12-11-17(23)2)19-8-6-10-22(14-19)27-4/h6-16H,3,5H2,1-2,4H3/b26-24+. The minimum Gasteiger partial charge on any atom is -0.497 e. The molecule has 2 aromatic carbocycles. The highest BCUT2D eigenvalue weighted by atomic mass is 16.5. The van der Waals surface area contributed by atoms with Gasteiger partial charge < -0.3 is 9.47 Å². The van der Waals surface area contributed by atoms with Crippen LogP contribution >= 0.6 is 0 Å². The molecule has 0 saturated carbocycles. The summed E-state index contributed by atoms with van der Waals surface area (Å²) >= 11 is 0. The SMILES string of the molecule is C=C(/N=C(/OCC)c1cc(-c2cccc(OC)c2)ccc1C)c1cccnc1. The summed E-state index contributed by atoms with van der Waals surface area (Å²) in [5.41, 5.74) is 5.63. The van der Waals surface area contributed by atoms with Crippen molar-refractivity contribution >= 4 is 11.6 Å². The summed E-state index contributed by atoms with van der Waals surface area (Å²) < 4.78 is 11.2. The summed E-state index contributed by atoms with van der Waals surface area (Å²) in [6.07, 6.45) is 3.47. The first-order valence-electron chi connectivity index (χ1n) is 9.18. The van der Waals surface area contributed by atoms with E-state index in [1.54, 1.807) is 19.5 Å². The third kappa shape index (κ3) is 4.46. The second-order valence-electron chi connectivity index (χ2n) is 6.30. The Bertz CT molecular complexity index is 994. The quantitative estimate of drug-likeness (QED) is 0.423. The molecule has 0 spiro atoms. The molecular formula is C24H24N2O2. The third-order valence-corrected chi connectivity index (χ3v) is 4.38. The number of aryl methyl sites for hydroxylation is 1. The molecular weight excluding hydrogens is 348 g/mol. The van der Waals surface area contributed by atoms with E-state index in [4.69, 9.17) is 9.47 Å². The van der Waals surface area contributed by atoms with Crippen LogP contribution in [0.4, 0.5) is 0 Å². The van der Waals surface area contributed by atoms with E-state index in [0.29, 0.717) is 18.2 Å². The Hall–Kier alpha value is -3.40. The van der Waals surface area contributed by atoms with Crippen LogP contribution in [0, 0.1) is 6.92 Å². The Balaban J connectivity index is 2.03. The van der Waals surface area contributed by atoms with Crippen molar-refractivity contribution in [2.75, 3.05) is 13.7 Å². The molecule has 3 aromatic rings. The van der Waals surface area contributed by atoms with Gasteiger partial charge in [-0.05, 0) is 60.9 Å². The van der Waals surface area contributed by atoms with Gasteiger partial charge in [0, 0.05) is 23.5 Å². The van der Waals surface area contributed by atoms with E-state index < -0.39 is 0 Å². The highest BCUT2D eigenvalue weighted by Gasteiger charge is 2.12. The topological polar surface area (TPSA) is 43.7 Å². The lowest BCUT2D eigenvalue weighted by atomic mass is 9.99. The first kappa shape index (κ1) is 19.4. The predicted octanol–water partition coefficient (Wildman–Crippen LogP) is 5.52. The molecule has 0 N–H and O–H groups in total. The van der Waals surface area contributed by atoms with Crippen molar-refractivity contribution < 1.29 is 9.47 Å². The summed E-state index contributed by atoms with van der Waals surface area (Å²) in [5, 5.41) is 0. The summed E-state index contributed by atoms with van der Waals surface area (Å²) in [4.78, 5) is 8.81. The van der Waals surface area contributed by atoms with Gasteiger partial charge >= 0.3 is 0 Å². The summed E-state index contributed by atoms with van der Waals surface area (Å²) in [7, 11) is 1.67. The second kappa shape index (κ2) is 9.00. The Morgan fingerprint density at radius 2 is 1.89 bits per heavy atom. The van der Waals surface area contributed by atoms with Crippen LogP contribution in [-0.4, -0.2) is 24.6 Å². The van der Waals surface area contributed by atoms with Gasteiger partial charge in [0.25, 0.3) is 0 Å². The van der Waals surface area contributed by atoms with Crippen molar-refractivity contribution in [2.45, 2.75) is 13.8 Å². The van der Waals surface area contributed by atoms with E-state index >= 15 is 0 Å². The lowest BCUT2D eigenvalue weighted by molar-refractivity contribution is 0.329. The Labute approximate surface area is 166 Å². The molecule has 4 nitrogen and oxygen atoms in total. The molecule has 0 aliphatic heterocycles. The molecule has 3 rings (SSSR count). The maximum absolute atomic E-state index is 5.88. The normalized spacial score (nSPS) is 11.2. The second-order valence-corrected chi connectivity index (χ2v) is 6.30. The lowest BCUT2D eigenvalue weighted by Crippen LogP contribution is -2.09. The van der Waals surface area contributed by atoms with Crippen LogP contribution in [0.2, 0.25) is 0 Å². The van der Waals surface area contributed by atoms with Gasteiger partial charge in [0.1, 0.15) is 5.75 Å². The molecule has 28 heavy (non-hydrogen) atoms. The van der Waals surface area contributed by atoms with Crippen LogP contribution < -0.4 is 4.74 Å². The van der Waals surface area contributed by atoms with Gasteiger partial charge in [-0.3, -0.25) is 4.98 Å². The minimum absolute atomic E-state index is 0.516. The fourth-order valence-corrected chi connectivity index (χ4v) is 2.86. The number of hydrogen-bond acceptors (Lipinski definition) is 4. The molecule has 4 heteroatoms. The van der Waals surface area contributed by atoms with Gasteiger partial charge in [-0.25, -0.2) is 4.99 Å². The first-order valence-corrected chi connectivity index (χ1v) is 9.18. The van der Waals surface area contributed by atoms with Gasteiger partial charge in [0.2, 0.25) is 5.90 Å². The number of aliphatic imine (C=N–C) groups is 1. The molecule has 0 radical (unpaired) electrons. The monoisotopic (exact) mass is 372 g/mol. The Morgan fingerprint density at radius 3 is 2.61 bits per heavy atom. The summed E-state index contributed by atoms with van der Waals surface area (Å²) in [5.74, 6) is 1.38. The number of ether oxygens (including phenoxy) is 2. The first-order chi connectivity index (χ1) is 13.6. The zero-order chi connectivity index (χ0) is 19.9. The summed E-state index contributed by atoms with van der Waals surface area (Å²) in [6, 6.07) is 18.0. The third-order valence-electron chi connectivity index (χ3n) is 4.38. The van der Waals surface area contributed by atoms with Crippen LogP contribution in [0.25, 0.3) is 16.8 Å². The average Bonchev–Trinajstić information content (AvgIpc) is 2.74. The number of methoxy groups -OCH3 is 1. The molecule has 1 heterocycles. The van der Waals surface area contributed by atoms with Gasteiger partial charge in [0.05, 0.1) is 19.4 Å². The molecule has 0 unspecified atom stereocenters. The van der Waals surface area contributed by atoms with Gasteiger partial charge in [-0.2, -0.15) is 0 Å². The molecule has 0 fully saturated rings. The van der Waals surface area contributed by atoms with Crippen molar-refractivity contribution in [1.82, 2.24) is 4.98 Å². The van der Waals surface area contributed by atoms with E-state index in [9.17, 15) is 0 Å². The molecule has 0 aliphatic carbocycles. The Morgan fingerprint density at radius 1 is 1.07 bits per heavy atom. The molecule has 0 atom stereocenters. The fourth-order valence-electron chi connectivity index (χ4n) is 2.86. The predicted molar refractivity (Wildman–Crippen MR) is 115 cm³/mol. The molecule has 0 bridgehead atoms. The van der Waals surface area contributed by atoms with Crippen molar-refractivity contribution in [1.29, 1.82) is 0 Å². The summed E-state index contributed by atoms with van der Waals surface area (Å²) in [6.45, 7) is 8.59. The maximum Gasteiger partial charge on any atom is 0.221 e. The highest BCUT2D eigenvalue weighted by Crippen LogP contribution is 2.27. The number of benzene rings is 2. The molecule has 0 saturated heterocycles. The average molecular weight is 372 g/mol. The van der Waals surface area contributed by atoms with Crippen LogP contribution in [0.15, 0.2) is 78.6 Å². The van der Waals surface area contributed by atoms with Crippen molar-refractivity contribution in [3.63, 3.8) is 0 Å². The van der Waals surface area contributed by atoms with E-state index in [-0.39, 0.29) is 0 Å². The van der Waals surface area contributed by atoms with Crippen LogP contribution in [0.1, 0.15) is 23.6 Å². The maximum atomic E-state index is 5.88. The van der Waals surface area contributed by atoms with E-state index in [2.05, 4.69) is 40.8 Å². The number of rotatable bonds is 6. The van der Waals surface area contributed by atoms with Gasteiger partial charge in [0.15, 0.2) is 0 Å². The zero-order valence-electron chi connectivity index (χ0n) is 16.5. The van der Waals surface area contributed by atoms with E-state index in [0.717, 1.165) is 33.6 Å². The number of pyridine rings is 1. The highest BCUT2D eigenvalue weighted by molar-refractivity contribution is 5.99. The van der Waals surface area contributed by atoms with Crippen LogP contribution in [0.5, 0.6) is 5.75 Å². The largest absolute Gasteiger partial charge is 0.497 e.